The fourth-order valence-electron chi connectivity index (χ4n) is 0.941. The molecular formula is C9H14O3. The van der Waals surface area contributed by atoms with E-state index in [0.717, 1.165) is 12.8 Å². The number of hydrogen-bond acceptors (Lipinski definition) is 3. The van der Waals surface area contributed by atoms with E-state index in [4.69, 9.17) is 9.47 Å². The van der Waals surface area contributed by atoms with Gasteiger partial charge in [-0.2, -0.15) is 0 Å². The van der Waals surface area contributed by atoms with Crippen molar-refractivity contribution in [2.24, 2.45) is 0 Å². The maximum Gasteiger partial charge on any atom is 0.206 e. The standard InChI is InChI=1S/C9H14O3/c1-2-3-5-11-9-7-8(10)4-6-12-9/h4,6,9H,2-3,5,7H2,1H3. The average Bonchev–Trinajstić information content (AvgIpc) is 2.05. The highest BCUT2D eigenvalue weighted by Gasteiger charge is 2.16. The van der Waals surface area contributed by atoms with Crippen LogP contribution in [-0.2, 0) is 14.3 Å². The van der Waals surface area contributed by atoms with Crippen LogP contribution >= 0.6 is 0 Å². The third kappa shape index (κ3) is 3.05. The van der Waals surface area contributed by atoms with Crippen molar-refractivity contribution in [3.63, 3.8) is 0 Å². The Morgan fingerprint density at radius 2 is 2.58 bits per heavy atom. The van der Waals surface area contributed by atoms with E-state index in [9.17, 15) is 4.79 Å². The molecule has 68 valence electrons. The summed E-state index contributed by atoms with van der Waals surface area (Å²) >= 11 is 0. The summed E-state index contributed by atoms with van der Waals surface area (Å²) in [5.41, 5.74) is 0. The van der Waals surface area contributed by atoms with Crippen LogP contribution in [0, 0.1) is 0 Å². The normalized spacial score (nSPS) is 22.4. The molecule has 1 atom stereocenters. The monoisotopic (exact) mass is 170 g/mol. The molecule has 1 unspecified atom stereocenters. The zero-order valence-corrected chi connectivity index (χ0v) is 7.29. The van der Waals surface area contributed by atoms with Crippen molar-refractivity contribution in [2.75, 3.05) is 6.61 Å². The Bertz CT molecular complexity index is 175. The van der Waals surface area contributed by atoms with E-state index in [2.05, 4.69) is 6.92 Å². The van der Waals surface area contributed by atoms with Gasteiger partial charge in [0.05, 0.1) is 19.3 Å². The predicted molar refractivity (Wildman–Crippen MR) is 44.5 cm³/mol. The van der Waals surface area contributed by atoms with Crippen molar-refractivity contribution < 1.29 is 14.3 Å². The van der Waals surface area contributed by atoms with Crippen LogP contribution in [0.15, 0.2) is 12.3 Å². The van der Waals surface area contributed by atoms with Gasteiger partial charge in [0.2, 0.25) is 6.29 Å². The summed E-state index contributed by atoms with van der Waals surface area (Å²) in [5, 5.41) is 0. The minimum absolute atomic E-state index is 0.0720. The third-order valence-corrected chi connectivity index (χ3v) is 1.65. The van der Waals surface area contributed by atoms with Crippen LogP contribution in [0.1, 0.15) is 26.2 Å². The van der Waals surface area contributed by atoms with Gasteiger partial charge in [-0.3, -0.25) is 4.79 Å². The molecule has 1 aliphatic heterocycles. The van der Waals surface area contributed by atoms with Crippen molar-refractivity contribution >= 4 is 5.78 Å². The lowest BCUT2D eigenvalue weighted by Crippen LogP contribution is -2.22. The number of unbranched alkanes of at least 4 members (excludes halogenated alkanes) is 1. The SMILES string of the molecule is CCCCOC1CC(=O)C=CO1. The van der Waals surface area contributed by atoms with Crippen LogP contribution in [-0.4, -0.2) is 18.7 Å². The lowest BCUT2D eigenvalue weighted by molar-refractivity contribution is -0.140. The third-order valence-electron chi connectivity index (χ3n) is 1.65. The molecule has 0 fully saturated rings. The Morgan fingerprint density at radius 1 is 1.75 bits per heavy atom. The van der Waals surface area contributed by atoms with Gasteiger partial charge in [-0.15, -0.1) is 0 Å². The minimum atomic E-state index is -0.353. The topological polar surface area (TPSA) is 35.5 Å². The Balaban J connectivity index is 2.16. The Labute approximate surface area is 72.4 Å². The average molecular weight is 170 g/mol. The lowest BCUT2D eigenvalue weighted by Gasteiger charge is -2.18. The Kier molecular flexibility index (Phi) is 3.80. The highest BCUT2D eigenvalue weighted by molar-refractivity contribution is 5.90. The van der Waals surface area contributed by atoms with Gasteiger partial charge in [0.15, 0.2) is 5.78 Å². The van der Waals surface area contributed by atoms with Crippen molar-refractivity contribution in [3.05, 3.63) is 12.3 Å². The first kappa shape index (κ1) is 9.26. The molecule has 0 bridgehead atoms. The maximum absolute atomic E-state index is 10.9. The number of ether oxygens (including phenoxy) is 2. The molecule has 3 nitrogen and oxygen atoms in total. The second-order valence-electron chi connectivity index (χ2n) is 2.76. The van der Waals surface area contributed by atoms with E-state index in [1.807, 2.05) is 0 Å². The number of carbonyl (C=O) groups excluding carboxylic acids is 1. The molecule has 0 N–H and O–H groups in total. The number of rotatable bonds is 4. The Morgan fingerprint density at radius 3 is 3.25 bits per heavy atom. The molecule has 0 aromatic rings. The van der Waals surface area contributed by atoms with Gasteiger partial charge >= 0.3 is 0 Å². The fraction of sp³-hybridized carbons (Fsp3) is 0.667. The molecule has 0 saturated heterocycles. The quantitative estimate of drug-likeness (QED) is 0.601. The summed E-state index contributed by atoms with van der Waals surface area (Å²) < 4.78 is 10.4. The van der Waals surface area contributed by atoms with E-state index < -0.39 is 0 Å². The van der Waals surface area contributed by atoms with Crippen LogP contribution in [0.4, 0.5) is 0 Å². The first-order valence-corrected chi connectivity index (χ1v) is 4.29. The van der Waals surface area contributed by atoms with Crippen LogP contribution in [0.25, 0.3) is 0 Å². The molecule has 1 rings (SSSR count). The van der Waals surface area contributed by atoms with Gasteiger partial charge in [0, 0.05) is 6.08 Å². The van der Waals surface area contributed by atoms with Gasteiger partial charge in [0.1, 0.15) is 0 Å². The highest BCUT2D eigenvalue weighted by atomic mass is 16.7. The number of allylic oxidation sites excluding steroid dienone is 1. The molecule has 0 aromatic heterocycles. The lowest BCUT2D eigenvalue weighted by atomic mass is 10.2. The molecule has 12 heavy (non-hydrogen) atoms. The van der Waals surface area contributed by atoms with Crippen LogP contribution in [0.3, 0.4) is 0 Å². The molecule has 0 saturated carbocycles. The van der Waals surface area contributed by atoms with Crippen LogP contribution in [0.5, 0.6) is 0 Å². The first-order valence-electron chi connectivity index (χ1n) is 4.29. The Hall–Kier alpha value is -0.830. The van der Waals surface area contributed by atoms with Crippen molar-refractivity contribution in [1.29, 1.82) is 0 Å². The molecule has 0 aliphatic carbocycles. The van der Waals surface area contributed by atoms with E-state index >= 15 is 0 Å². The second kappa shape index (κ2) is 4.93. The summed E-state index contributed by atoms with van der Waals surface area (Å²) in [4.78, 5) is 10.9. The second-order valence-corrected chi connectivity index (χ2v) is 2.76. The van der Waals surface area contributed by atoms with Crippen molar-refractivity contribution in [1.82, 2.24) is 0 Å². The van der Waals surface area contributed by atoms with Gasteiger partial charge in [-0.25, -0.2) is 0 Å². The zero-order valence-electron chi connectivity index (χ0n) is 7.29. The summed E-state index contributed by atoms with van der Waals surface area (Å²) in [7, 11) is 0. The molecule has 0 radical (unpaired) electrons. The molecule has 0 aromatic carbocycles. The molecule has 1 aliphatic rings. The predicted octanol–water partition coefficient (Wildman–Crippen LogP) is 1.63. The fourth-order valence-corrected chi connectivity index (χ4v) is 0.941. The van der Waals surface area contributed by atoms with Gasteiger partial charge < -0.3 is 9.47 Å². The first-order chi connectivity index (χ1) is 5.83. The smallest absolute Gasteiger partial charge is 0.206 e. The summed E-state index contributed by atoms with van der Waals surface area (Å²) in [6.45, 7) is 2.76. The molecular weight excluding hydrogens is 156 g/mol. The van der Waals surface area contributed by atoms with Gasteiger partial charge in [-0.1, -0.05) is 13.3 Å². The van der Waals surface area contributed by atoms with Gasteiger partial charge in [-0.05, 0) is 6.42 Å². The molecule has 3 heteroatoms. The van der Waals surface area contributed by atoms with E-state index in [0.29, 0.717) is 13.0 Å². The van der Waals surface area contributed by atoms with E-state index in [-0.39, 0.29) is 12.1 Å². The maximum atomic E-state index is 10.9. The number of carbonyl (C=O) groups is 1. The largest absolute Gasteiger partial charge is 0.472 e. The minimum Gasteiger partial charge on any atom is -0.472 e. The summed E-state index contributed by atoms with van der Waals surface area (Å²) in [6.07, 6.45) is 4.94. The molecule has 1 heterocycles. The summed E-state index contributed by atoms with van der Waals surface area (Å²) in [5.74, 6) is 0.0720. The van der Waals surface area contributed by atoms with Crippen LogP contribution in [0.2, 0.25) is 0 Å². The number of hydrogen-bond donors (Lipinski definition) is 0. The van der Waals surface area contributed by atoms with E-state index in [1.165, 1.54) is 12.3 Å². The summed E-state index contributed by atoms with van der Waals surface area (Å²) in [6, 6.07) is 0. The van der Waals surface area contributed by atoms with Crippen molar-refractivity contribution in [3.8, 4) is 0 Å². The van der Waals surface area contributed by atoms with E-state index in [1.54, 1.807) is 0 Å². The van der Waals surface area contributed by atoms with Crippen LogP contribution < -0.4 is 0 Å². The molecule has 0 spiro atoms. The zero-order chi connectivity index (χ0) is 8.81. The molecule has 0 amide bonds. The number of ketones is 1. The van der Waals surface area contributed by atoms with Crippen molar-refractivity contribution in [2.45, 2.75) is 32.5 Å². The van der Waals surface area contributed by atoms with Gasteiger partial charge in [0.25, 0.3) is 0 Å². The highest BCUT2D eigenvalue weighted by Crippen LogP contribution is 2.09.